The minimum atomic E-state index is -1.76. The lowest BCUT2D eigenvalue weighted by Crippen LogP contribution is -2.60. The summed E-state index contributed by atoms with van der Waals surface area (Å²) in [6.45, 7) is -1.39. The Morgan fingerprint density at radius 2 is 1.19 bits per heavy atom. The van der Waals surface area contributed by atoms with Crippen molar-refractivity contribution in [3.05, 3.63) is 53.3 Å². The van der Waals surface area contributed by atoms with E-state index in [9.17, 15) is 51.1 Å². The highest BCUT2D eigenvalue weighted by Crippen LogP contribution is 2.45. The molecule has 0 radical (unpaired) electrons. The van der Waals surface area contributed by atoms with Crippen LogP contribution in [0.5, 0.6) is 23.0 Å². The van der Waals surface area contributed by atoms with Gasteiger partial charge in [-0.2, -0.15) is 0 Å². The number of aliphatic hydroxyl groups is 8. The molecule has 2 aromatic carbocycles. The molecule has 230 valence electrons. The Morgan fingerprint density at radius 1 is 0.643 bits per heavy atom. The third-order valence-corrected chi connectivity index (χ3v) is 7.27. The molecular formula is C27H32O15. The second kappa shape index (κ2) is 12.2. The molecule has 15 heteroatoms. The van der Waals surface area contributed by atoms with Gasteiger partial charge in [-0.1, -0.05) is 12.1 Å². The van der Waals surface area contributed by atoms with Crippen LogP contribution in [-0.2, 0) is 14.2 Å². The van der Waals surface area contributed by atoms with Crippen molar-refractivity contribution in [2.45, 2.75) is 67.5 Å². The van der Waals surface area contributed by atoms with Gasteiger partial charge in [0.15, 0.2) is 6.10 Å². The summed E-state index contributed by atoms with van der Waals surface area (Å²) in [6, 6.07) is 8.20. The normalized spacial score (nSPS) is 36.4. The molecule has 10 N–H and O–H groups in total. The van der Waals surface area contributed by atoms with Crippen LogP contribution in [0.2, 0.25) is 0 Å². The molecule has 0 aliphatic carbocycles. The Hall–Kier alpha value is -3.22. The van der Waals surface area contributed by atoms with Crippen molar-refractivity contribution in [3.63, 3.8) is 0 Å². The lowest BCUT2D eigenvalue weighted by molar-refractivity contribution is -0.293. The van der Waals surface area contributed by atoms with Crippen molar-refractivity contribution in [3.8, 4) is 23.0 Å². The average Bonchev–Trinajstić information content (AvgIpc) is 2.98. The third-order valence-electron chi connectivity index (χ3n) is 7.27. The number of phenolic OH excluding ortho intramolecular Hbond substituents is 2. The first-order chi connectivity index (χ1) is 20.0. The van der Waals surface area contributed by atoms with Gasteiger partial charge in [0.2, 0.25) is 12.6 Å². The van der Waals surface area contributed by atoms with Gasteiger partial charge in [0.05, 0.1) is 18.8 Å². The van der Waals surface area contributed by atoms with Gasteiger partial charge >= 0.3 is 0 Å². The molecule has 42 heavy (non-hydrogen) atoms. The van der Waals surface area contributed by atoms with Gasteiger partial charge in [-0.3, -0.25) is 0 Å². The summed E-state index contributed by atoms with van der Waals surface area (Å²) in [4.78, 5) is 0. The Labute approximate surface area is 238 Å². The maximum atomic E-state index is 10.6. The van der Waals surface area contributed by atoms with Crippen molar-refractivity contribution >= 4 is 6.08 Å². The molecule has 3 aliphatic heterocycles. The number of ether oxygens (including phenoxy) is 5. The predicted molar refractivity (Wildman–Crippen MR) is 137 cm³/mol. The lowest BCUT2D eigenvalue weighted by Gasteiger charge is -2.41. The topological polar surface area (TPSA) is 248 Å². The Kier molecular flexibility index (Phi) is 8.77. The van der Waals surface area contributed by atoms with Gasteiger partial charge < -0.3 is 74.7 Å². The van der Waals surface area contributed by atoms with Crippen molar-refractivity contribution in [2.75, 3.05) is 13.2 Å². The van der Waals surface area contributed by atoms with E-state index in [1.807, 2.05) is 0 Å². The van der Waals surface area contributed by atoms with E-state index in [2.05, 4.69) is 0 Å². The molecule has 0 amide bonds. The molecule has 2 saturated heterocycles. The Morgan fingerprint density at radius 3 is 1.74 bits per heavy atom. The summed E-state index contributed by atoms with van der Waals surface area (Å²) in [5.74, 6) is -0.503. The smallest absolute Gasteiger partial charge is 0.229 e. The number of rotatable bonds is 7. The molecule has 2 fully saturated rings. The highest BCUT2D eigenvalue weighted by Gasteiger charge is 2.47. The number of aliphatic hydroxyl groups excluding tert-OH is 8. The van der Waals surface area contributed by atoms with Crippen LogP contribution in [0.25, 0.3) is 6.08 Å². The maximum absolute atomic E-state index is 10.6. The second-order valence-corrected chi connectivity index (χ2v) is 10.1. The third kappa shape index (κ3) is 5.71. The number of phenols is 2. The molecule has 0 saturated carbocycles. The zero-order valence-corrected chi connectivity index (χ0v) is 21.8. The Bertz CT molecular complexity index is 1260. The number of fused-ring (bicyclic) bond motifs is 1. The molecule has 5 rings (SSSR count). The lowest BCUT2D eigenvalue weighted by atomic mass is 9.98. The first kappa shape index (κ1) is 30.2. The SMILES string of the molecule is OC[C@H]1O[C@@H](OC2=Cc3c(cc(O)cc3O[C@@H]3O[C@H](CO)[C@@H](O)[C@H](O)[C@H]3O)OC2c2ccc(O)cc2)[C@H](O)[C@@H](O)[C@H]1O. The second-order valence-electron chi connectivity index (χ2n) is 10.1. The van der Waals surface area contributed by atoms with Gasteiger partial charge in [0.25, 0.3) is 0 Å². The van der Waals surface area contributed by atoms with Gasteiger partial charge in [0, 0.05) is 17.7 Å². The summed E-state index contributed by atoms with van der Waals surface area (Å²) in [7, 11) is 0. The molecule has 3 heterocycles. The molecule has 3 aliphatic rings. The van der Waals surface area contributed by atoms with Crippen LogP contribution in [0.3, 0.4) is 0 Å². The first-order valence-corrected chi connectivity index (χ1v) is 13.0. The van der Waals surface area contributed by atoms with Crippen molar-refractivity contribution in [2.24, 2.45) is 0 Å². The van der Waals surface area contributed by atoms with E-state index in [1.54, 1.807) is 0 Å². The fourth-order valence-electron chi connectivity index (χ4n) is 4.89. The molecule has 0 bridgehead atoms. The molecule has 2 aromatic rings. The summed E-state index contributed by atoms with van der Waals surface area (Å²) in [5, 5.41) is 101. The molecule has 0 aromatic heterocycles. The van der Waals surface area contributed by atoms with Crippen LogP contribution in [0, 0.1) is 0 Å². The van der Waals surface area contributed by atoms with E-state index in [4.69, 9.17) is 23.7 Å². The van der Waals surface area contributed by atoms with E-state index in [1.165, 1.54) is 36.4 Å². The molecule has 0 spiro atoms. The highest BCUT2D eigenvalue weighted by atomic mass is 16.7. The first-order valence-electron chi connectivity index (χ1n) is 13.0. The quantitative estimate of drug-likeness (QED) is 0.160. The molecule has 1 unspecified atom stereocenters. The van der Waals surface area contributed by atoms with E-state index in [0.717, 1.165) is 6.07 Å². The summed E-state index contributed by atoms with van der Waals surface area (Å²) in [6.07, 6.45) is -15.7. The summed E-state index contributed by atoms with van der Waals surface area (Å²) in [5.41, 5.74) is 0.563. The average molecular weight is 597 g/mol. The van der Waals surface area contributed by atoms with Crippen LogP contribution in [0.1, 0.15) is 17.2 Å². The standard InChI is InChI=1S/C27H32O15/c28-8-17-19(32)21(34)23(36)26(41-17)39-15-6-12(31)5-14-13(15)7-16(25(38-14)10-1-3-11(30)4-2-10)40-27-24(37)22(35)20(33)18(9-29)42-27/h1-7,17-37H,8-9H2/t17-,18-,19-,20+,21+,22+,23-,24-,25?,26-,27-/m1/s1. The number of hydrogen-bond acceptors (Lipinski definition) is 15. The molecule has 11 atom stereocenters. The van der Waals surface area contributed by atoms with Crippen LogP contribution >= 0.6 is 0 Å². The summed E-state index contributed by atoms with van der Waals surface area (Å²) >= 11 is 0. The van der Waals surface area contributed by atoms with Crippen LogP contribution in [0.4, 0.5) is 0 Å². The minimum Gasteiger partial charge on any atom is -0.508 e. The van der Waals surface area contributed by atoms with Crippen LogP contribution in [0.15, 0.2) is 42.2 Å². The maximum Gasteiger partial charge on any atom is 0.229 e. The van der Waals surface area contributed by atoms with Crippen LogP contribution < -0.4 is 9.47 Å². The van der Waals surface area contributed by atoms with Gasteiger partial charge in [-0.15, -0.1) is 0 Å². The monoisotopic (exact) mass is 596 g/mol. The van der Waals surface area contributed by atoms with Crippen LogP contribution in [-0.4, -0.2) is 126 Å². The van der Waals surface area contributed by atoms with Gasteiger partial charge in [-0.05, 0) is 18.2 Å². The fraction of sp³-hybridized carbons (Fsp3) is 0.481. The zero-order valence-electron chi connectivity index (χ0n) is 21.8. The van der Waals surface area contributed by atoms with E-state index >= 15 is 0 Å². The highest BCUT2D eigenvalue weighted by molar-refractivity contribution is 5.70. The molecule has 15 nitrogen and oxygen atoms in total. The number of hydrogen-bond donors (Lipinski definition) is 10. The largest absolute Gasteiger partial charge is 0.508 e. The van der Waals surface area contributed by atoms with E-state index in [-0.39, 0.29) is 34.3 Å². The van der Waals surface area contributed by atoms with Gasteiger partial charge in [-0.25, -0.2) is 0 Å². The number of benzene rings is 2. The number of aromatic hydroxyl groups is 2. The zero-order chi connectivity index (χ0) is 30.3. The van der Waals surface area contributed by atoms with E-state index < -0.39 is 80.7 Å². The predicted octanol–water partition coefficient (Wildman–Crippen LogP) is -2.43. The van der Waals surface area contributed by atoms with Crippen molar-refractivity contribution < 1.29 is 74.7 Å². The van der Waals surface area contributed by atoms with Crippen molar-refractivity contribution in [1.82, 2.24) is 0 Å². The van der Waals surface area contributed by atoms with E-state index in [0.29, 0.717) is 5.56 Å². The van der Waals surface area contributed by atoms with Gasteiger partial charge in [0.1, 0.15) is 77.6 Å². The fourth-order valence-corrected chi connectivity index (χ4v) is 4.89. The van der Waals surface area contributed by atoms with Crippen molar-refractivity contribution in [1.29, 1.82) is 0 Å². The minimum absolute atomic E-state index is 0.0387. The molecular weight excluding hydrogens is 564 g/mol. The summed E-state index contributed by atoms with van der Waals surface area (Å²) < 4.78 is 28.7. The Balaban J connectivity index is 1.53.